The lowest BCUT2D eigenvalue weighted by molar-refractivity contribution is -0.145. The SMILES string of the molecule is CSc1ccc(C(c2ccc(Cl)c(Cl)c2)N2CCCCC2C(=O)O)cc1. The smallest absolute Gasteiger partial charge is 0.320 e. The summed E-state index contributed by atoms with van der Waals surface area (Å²) in [5, 5.41) is 10.7. The van der Waals surface area contributed by atoms with Gasteiger partial charge in [0.15, 0.2) is 0 Å². The summed E-state index contributed by atoms with van der Waals surface area (Å²) in [6.45, 7) is 0.742. The summed E-state index contributed by atoms with van der Waals surface area (Å²) < 4.78 is 0. The molecule has 1 fully saturated rings. The zero-order valence-corrected chi connectivity index (χ0v) is 16.8. The van der Waals surface area contributed by atoms with Gasteiger partial charge in [-0.1, -0.05) is 47.8 Å². The number of thioether (sulfide) groups is 1. The van der Waals surface area contributed by atoms with Crippen LogP contribution in [0, 0.1) is 0 Å². The monoisotopic (exact) mass is 409 g/mol. The molecule has 3 nitrogen and oxygen atoms in total. The third-order valence-corrected chi connectivity index (χ3v) is 6.33. The fourth-order valence-electron chi connectivity index (χ4n) is 3.57. The van der Waals surface area contributed by atoms with Gasteiger partial charge in [0.05, 0.1) is 16.1 Å². The minimum atomic E-state index is -0.768. The van der Waals surface area contributed by atoms with E-state index in [1.54, 1.807) is 17.8 Å². The largest absolute Gasteiger partial charge is 0.480 e. The molecule has 2 unspecified atom stereocenters. The summed E-state index contributed by atoms with van der Waals surface area (Å²) in [7, 11) is 0. The minimum Gasteiger partial charge on any atom is -0.480 e. The maximum absolute atomic E-state index is 11.9. The number of carboxylic acids is 1. The first-order valence-corrected chi connectivity index (χ1v) is 10.6. The highest BCUT2D eigenvalue weighted by Crippen LogP contribution is 2.37. The number of piperidine rings is 1. The van der Waals surface area contributed by atoms with Crippen molar-refractivity contribution in [3.63, 3.8) is 0 Å². The Labute approximate surface area is 168 Å². The molecule has 26 heavy (non-hydrogen) atoms. The van der Waals surface area contributed by atoms with Crippen LogP contribution in [0.5, 0.6) is 0 Å². The van der Waals surface area contributed by atoms with E-state index in [0.29, 0.717) is 16.5 Å². The fourth-order valence-corrected chi connectivity index (χ4v) is 4.29. The van der Waals surface area contributed by atoms with Crippen LogP contribution < -0.4 is 0 Å². The molecule has 138 valence electrons. The number of carboxylic acid groups (broad SMARTS) is 1. The molecule has 6 heteroatoms. The molecule has 1 aliphatic heterocycles. The number of benzene rings is 2. The molecular weight excluding hydrogens is 389 g/mol. The van der Waals surface area contributed by atoms with Crippen LogP contribution in [0.2, 0.25) is 10.0 Å². The van der Waals surface area contributed by atoms with Crippen LogP contribution in [-0.2, 0) is 4.79 Å². The zero-order chi connectivity index (χ0) is 18.7. The van der Waals surface area contributed by atoms with Crippen LogP contribution in [0.1, 0.15) is 36.4 Å². The summed E-state index contributed by atoms with van der Waals surface area (Å²) in [5.41, 5.74) is 2.03. The van der Waals surface area contributed by atoms with Gasteiger partial charge in [-0.25, -0.2) is 0 Å². The summed E-state index contributed by atoms with van der Waals surface area (Å²) >= 11 is 14.0. The van der Waals surface area contributed by atoms with E-state index in [9.17, 15) is 9.90 Å². The van der Waals surface area contributed by atoms with Crippen molar-refractivity contribution in [1.29, 1.82) is 0 Å². The van der Waals surface area contributed by atoms with Crippen molar-refractivity contribution in [2.75, 3.05) is 12.8 Å². The van der Waals surface area contributed by atoms with Gasteiger partial charge < -0.3 is 5.11 Å². The molecule has 2 aromatic rings. The number of hydrogen-bond acceptors (Lipinski definition) is 3. The fraction of sp³-hybridized carbons (Fsp3) is 0.350. The topological polar surface area (TPSA) is 40.5 Å². The van der Waals surface area contributed by atoms with Crippen LogP contribution >= 0.6 is 35.0 Å². The van der Waals surface area contributed by atoms with Gasteiger partial charge in [-0.2, -0.15) is 0 Å². The lowest BCUT2D eigenvalue weighted by Gasteiger charge is -2.39. The molecule has 1 aliphatic rings. The molecule has 1 saturated heterocycles. The van der Waals surface area contributed by atoms with Crippen molar-refractivity contribution < 1.29 is 9.90 Å². The second kappa shape index (κ2) is 8.66. The van der Waals surface area contributed by atoms with Crippen molar-refractivity contribution >= 4 is 40.9 Å². The highest BCUT2D eigenvalue weighted by molar-refractivity contribution is 7.98. The molecule has 3 rings (SSSR count). The number of carbonyl (C=O) groups is 1. The van der Waals surface area contributed by atoms with Gasteiger partial charge >= 0.3 is 5.97 Å². The van der Waals surface area contributed by atoms with E-state index in [-0.39, 0.29) is 6.04 Å². The van der Waals surface area contributed by atoms with Crippen LogP contribution in [0.3, 0.4) is 0 Å². The lowest BCUT2D eigenvalue weighted by Crippen LogP contribution is -2.46. The van der Waals surface area contributed by atoms with E-state index in [1.165, 1.54) is 4.90 Å². The Bertz CT molecular complexity index is 782. The number of hydrogen-bond donors (Lipinski definition) is 1. The first-order valence-electron chi connectivity index (χ1n) is 8.58. The second-order valence-corrected chi connectivity index (χ2v) is 8.13. The molecule has 0 bridgehead atoms. The van der Waals surface area contributed by atoms with Crippen molar-refractivity contribution in [2.45, 2.75) is 36.2 Å². The molecule has 0 aliphatic carbocycles. The zero-order valence-electron chi connectivity index (χ0n) is 14.5. The second-order valence-electron chi connectivity index (χ2n) is 6.44. The van der Waals surface area contributed by atoms with E-state index in [4.69, 9.17) is 23.2 Å². The summed E-state index contributed by atoms with van der Waals surface area (Å²) in [6.07, 6.45) is 4.63. The molecule has 0 saturated carbocycles. The highest BCUT2D eigenvalue weighted by Gasteiger charge is 2.35. The van der Waals surface area contributed by atoms with Crippen molar-refractivity contribution in [1.82, 2.24) is 4.90 Å². The quantitative estimate of drug-likeness (QED) is 0.638. The molecule has 0 aromatic heterocycles. The Morgan fingerprint density at radius 1 is 1.12 bits per heavy atom. The Kier molecular flexibility index (Phi) is 6.51. The summed E-state index contributed by atoms with van der Waals surface area (Å²) in [5.74, 6) is -0.768. The summed E-state index contributed by atoms with van der Waals surface area (Å²) in [6, 6.07) is 13.2. The molecule has 1 N–H and O–H groups in total. The number of likely N-dealkylation sites (tertiary alicyclic amines) is 1. The van der Waals surface area contributed by atoms with E-state index in [2.05, 4.69) is 29.2 Å². The molecule has 0 amide bonds. The number of rotatable bonds is 5. The van der Waals surface area contributed by atoms with Gasteiger partial charge in [-0.3, -0.25) is 9.69 Å². The Morgan fingerprint density at radius 2 is 1.81 bits per heavy atom. The highest BCUT2D eigenvalue weighted by atomic mass is 35.5. The summed E-state index contributed by atoms with van der Waals surface area (Å²) in [4.78, 5) is 15.1. The van der Waals surface area contributed by atoms with Gasteiger partial charge in [0, 0.05) is 4.90 Å². The van der Waals surface area contributed by atoms with Gasteiger partial charge in [-0.15, -0.1) is 11.8 Å². The van der Waals surface area contributed by atoms with Gasteiger partial charge in [0.1, 0.15) is 6.04 Å². The lowest BCUT2D eigenvalue weighted by atomic mass is 9.92. The van der Waals surface area contributed by atoms with Gasteiger partial charge in [-0.05, 0) is 61.0 Å². The van der Waals surface area contributed by atoms with Crippen LogP contribution in [0.15, 0.2) is 47.4 Å². The minimum absolute atomic E-state index is 0.165. The molecule has 2 atom stereocenters. The normalized spacial score (nSPS) is 19.3. The predicted octanol–water partition coefficient (Wildman–Crippen LogP) is 5.74. The van der Waals surface area contributed by atoms with Crippen molar-refractivity contribution in [3.8, 4) is 0 Å². The first kappa shape index (κ1) is 19.6. The van der Waals surface area contributed by atoms with Crippen LogP contribution in [0.25, 0.3) is 0 Å². The number of nitrogens with zero attached hydrogens (tertiary/aromatic N) is 1. The standard InChI is InChI=1S/C20H21Cl2NO2S/c1-26-15-8-5-13(6-9-15)19(14-7-10-16(21)17(22)12-14)23-11-3-2-4-18(23)20(24)25/h5-10,12,18-19H,2-4,11H2,1H3,(H,24,25). The van der Waals surface area contributed by atoms with E-state index in [1.807, 2.05) is 18.4 Å². The first-order chi connectivity index (χ1) is 12.5. The molecule has 0 spiro atoms. The Morgan fingerprint density at radius 3 is 2.42 bits per heavy atom. The average Bonchev–Trinajstić information content (AvgIpc) is 2.65. The van der Waals surface area contributed by atoms with E-state index >= 15 is 0 Å². The molecule has 0 radical (unpaired) electrons. The molecule has 1 heterocycles. The van der Waals surface area contributed by atoms with Crippen LogP contribution in [0.4, 0.5) is 0 Å². The Hall–Kier alpha value is -1.20. The van der Waals surface area contributed by atoms with E-state index in [0.717, 1.165) is 30.5 Å². The van der Waals surface area contributed by atoms with Crippen LogP contribution in [-0.4, -0.2) is 34.8 Å². The number of aliphatic carboxylic acids is 1. The Balaban J connectivity index is 2.07. The average molecular weight is 410 g/mol. The van der Waals surface area contributed by atoms with Gasteiger partial charge in [0.25, 0.3) is 0 Å². The predicted molar refractivity (Wildman–Crippen MR) is 109 cm³/mol. The van der Waals surface area contributed by atoms with Gasteiger partial charge in [0.2, 0.25) is 0 Å². The third kappa shape index (κ3) is 4.20. The maximum atomic E-state index is 11.9. The maximum Gasteiger partial charge on any atom is 0.320 e. The number of halogens is 2. The molecular formula is C20H21Cl2NO2S. The van der Waals surface area contributed by atoms with Crippen molar-refractivity contribution in [3.05, 3.63) is 63.6 Å². The van der Waals surface area contributed by atoms with E-state index < -0.39 is 12.0 Å². The van der Waals surface area contributed by atoms with Crippen molar-refractivity contribution in [2.24, 2.45) is 0 Å². The third-order valence-electron chi connectivity index (χ3n) is 4.85. The molecule has 2 aromatic carbocycles.